The van der Waals surface area contributed by atoms with Gasteiger partial charge in [-0.15, -0.1) is 0 Å². The van der Waals surface area contributed by atoms with Gasteiger partial charge in [0.1, 0.15) is 6.61 Å². The van der Waals surface area contributed by atoms with Gasteiger partial charge in [-0.3, -0.25) is 9.59 Å². The smallest absolute Gasteiger partial charge is 0.407 e. The highest BCUT2D eigenvalue weighted by Gasteiger charge is 2.37. The molecule has 0 aromatic heterocycles. The van der Waals surface area contributed by atoms with Crippen LogP contribution in [0.2, 0.25) is 0 Å². The number of nitrogens with one attached hydrogen (secondary N) is 1. The third kappa shape index (κ3) is 5.03. The molecule has 2 aliphatic carbocycles. The van der Waals surface area contributed by atoms with Crippen LogP contribution in [0.15, 0.2) is 48.5 Å². The molecule has 0 radical (unpaired) electrons. The Labute approximate surface area is 209 Å². The Morgan fingerprint density at radius 1 is 1.03 bits per heavy atom. The standard InChI is InChI=1S/C27H30N2O5S/c30-25(31)14-19-16-35-12-11-29(19)26(32)17-9-10-18(13-17)28-27(33)34-15-24-22-7-3-1-5-20(22)21-6-2-4-8-23(21)24/h1-8,17-19,24H,9-16H2,(H,28,33)(H,30,31)/t17-,18+,19?/m1/s1. The number of hydrogen-bond donors (Lipinski definition) is 2. The van der Waals surface area contributed by atoms with E-state index in [-0.39, 0.29) is 42.9 Å². The number of hydrogen-bond acceptors (Lipinski definition) is 5. The first kappa shape index (κ1) is 23.7. The number of nitrogens with zero attached hydrogens (tertiary/aromatic N) is 1. The molecule has 1 saturated carbocycles. The lowest BCUT2D eigenvalue weighted by Gasteiger charge is -2.36. The molecule has 35 heavy (non-hydrogen) atoms. The van der Waals surface area contributed by atoms with E-state index in [2.05, 4.69) is 29.6 Å². The van der Waals surface area contributed by atoms with Gasteiger partial charge in [0.25, 0.3) is 0 Å². The second kappa shape index (κ2) is 10.3. The fourth-order valence-corrected chi connectivity index (χ4v) is 6.76. The van der Waals surface area contributed by atoms with E-state index < -0.39 is 12.1 Å². The molecule has 0 spiro atoms. The van der Waals surface area contributed by atoms with E-state index in [1.165, 1.54) is 22.3 Å². The molecule has 1 heterocycles. The summed E-state index contributed by atoms with van der Waals surface area (Å²) in [5.41, 5.74) is 4.71. The zero-order valence-electron chi connectivity index (χ0n) is 19.5. The number of alkyl carbamates (subject to hydrolysis) is 1. The molecule has 1 saturated heterocycles. The summed E-state index contributed by atoms with van der Waals surface area (Å²) in [7, 11) is 0. The molecule has 3 aliphatic rings. The Morgan fingerprint density at radius 2 is 1.71 bits per heavy atom. The van der Waals surface area contributed by atoms with Crippen molar-refractivity contribution < 1.29 is 24.2 Å². The normalized spacial score (nSPS) is 23.4. The van der Waals surface area contributed by atoms with E-state index in [1.54, 1.807) is 16.7 Å². The van der Waals surface area contributed by atoms with Gasteiger partial charge in [0.05, 0.1) is 12.5 Å². The molecule has 0 bridgehead atoms. The molecule has 1 aliphatic heterocycles. The molecule has 1 unspecified atom stereocenters. The van der Waals surface area contributed by atoms with Gasteiger partial charge in [0.2, 0.25) is 5.91 Å². The Kier molecular flexibility index (Phi) is 7.00. The third-order valence-corrected chi connectivity index (χ3v) is 8.46. The lowest BCUT2D eigenvalue weighted by atomic mass is 9.98. The Balaban J connectivity index is 1.15. The number of thioether (sulfide) groups is 1. The summed E-state index contributed by atoms with van der Waals surface area (Å²) in [6.07, 6.45) is 1.49. The number of carbonyl (C=O) groups excluding carboxylic acids is 2. The van der Waals surface area contributed by atoms with Crippen molar-refractivity contribution in [3.63, 3.8) is 0 Å². The molecule has 2 aromatic carbocycles. The first-order valence-corrected chi connectivity index (χ1v) is 13.4. The second-order valence-corrected chi connectivity index (χ2v) is 10.7. The van der Waals surface area contributed by atoms with Crippen molar-refractivity contribution in [3.8, 4) is 11.1 Å². The third-order valence-electron chi connectivity index (χ3n) is 7.37. The summed E-state index contributed by atoms with van der Waals surface area (Å²) in [6.45, 7) is 0.847. The molecule has 2 amide bonds. The van der Waals surface area contributed by atoms with Crippen molar-refractivity contribution in [2.75, 3.05) is 24.7 Å². The van der Waals surface area contributed by atoms with Gasteiger partial charge in [-0.25, -0.2) is 4.79 Å². The number of benzene rings is 2. The van der Waals surface area contributed by atoms with Gasteiger partial charge in [0.15, 0.2) is 0 Å². The SMILES string of the molecule is O=C(O)CC1CSCCN1C(=O)[C@@H]1CC[C@H](NC(=O)OCC2c3ccccc3-c3ccccc32)C1. The minimum Gasteiger partial charge on any atom is -0.481 e. The topological polar surface area (TPSA) is 95.9 Å². The van der Waals surface area contributed by atoms with E-state index >= 15 is 0 Å². The van der Waals surface area contributed by atoms with Crippen LogP contribution in [0.25, 0.3) is 11.1 Å². The number of rotatable bonds is 6. The van der Waals surface area contributed by atoms with Gasteiger partial charge in [-0.1, -0.05) is 48.5 Å². The molecule has 2 N–H and O–H groups in total. The van der Waals surface area contributed by atoms with Crippen LogP contribution in [0.5, 0.6) is 0 Å². The molecular formula is C27H30N2O5S. The highest BCUT2D eigenvalue weighted by atomic mass is 32.2. The van der Waals surface area contributed by atoms with Crippen LogP contribution in [0.3, 0.4) is 0 Å². The Hall–Kier alpha value is -3.00. The van der Waals surface area contributed by atoms with E-state index in [4.69, 9.17) is 4.74 Å². The highest BCUT2D eigenvalue weighted by molar-refractivity contribution is 7.99. The lowest BCUT2D eigenvalue weighted by Crippen LogP contribution is -2.49. The number of aliphatic carboxylic acids is 1. The van der Waals surface area contributed by atoms with Crippen LogP contribution < -0.4 is 5.32 Å². The molecule has 7 nitrogen and oxygen atoms in total. The zero-order valence-corrected chi connectivity index (χ0v) is 20.3. The van der Waals surface area contributed by atoms with E-state index in [0.717, 1.165) is 5.75 Å². The van der Waals surface area contributed by atoms with Crippen molar-refractivity contribution in [2.24, 2.45) is 5.92 Å². The maximum atomic E-state index is 13.1. The van der Waals surface area contributed by atoms with Gasteiger partial charge < -0.3 is 20.1 Å². The molecular weight excluding hydrogens is 464 g/mol. The molecule has 2 fully saturated rings. The summed E-state index contributed by atoms with van der Waals surface area (Å²) in [5, 5.41) is 12.2. The number of fused-ring (bicyclic) bond motifs is 3. The minimum absolute atomic E-state index is 0.00851. The number of ether oxygens (including phenoxy) is 1. The quantitative estimate of drug-likeness (QED) is 0.628. The number of amides is 2. The van der Waals surface area contributed by atoms with Gasteiger partial charge in [-0.05, 0) is 41.5 Å². The largest absolute Gasteiger partial charge is 0.481 e. The molecule has 3 atom stereocenters. The number of carboxylic acid groups (broad SMARTS) is 1. The summed E-state index contributed by atoms with van der Waals surface area (Å²) in [4.78, 5) is 38.7. The van der Waals surface area contributed by atoms with Crippen molar-refractivity contribution in [1.29, 1.82) is 0 Å². The zero-order chi connectivity index (χ0) is 24.4. The fraction of sp³-hybridized carbons (Fsp3) is 0.444. The van der Waals surface area contributed by atoms with Crippen LogP contribution in [-0.2, 0) is 14.3 Å². The Morgan fingerprint density at radius 3 is 2.40 bits per heavy atom. The molecule has 5 rings (SSSR count). The summed E-state index contributed by atoms with van der Waals surface area (Å²) in [6, 6.07) is 16.1. The number of carbonyl (C=O) groups is 3. The molecule has 2 aromatic rings. The first-order valence-electron chi connectivity index (χ1n) is 12.2. The van der Waals surface area contributed by atoms with Gasteiger partial charge in [0, 0.05) is 35.9 Å². The summed E-state index contributed by atoms with van der Waals surface area (Å²) >= 11 is 1.69. The first-order chi connectivity index (χ1) is 17.0. The van der Waals surface area contributed by atoms with E-state index in [9.17, 15) is 19.5 Å². The van der Waals surface area contributed by atoms with E-state index in [1.807, 2.05) is 24.3 Å². The van der Waals surface area contributed by atoms with Crippen molar-refractivity contribution in [2.45, 2.75) is 43.7 Å². The summed E-state index contributed by atoms with van der Waals surface area (Å²) < 4.78 is 5.66. The number of carboxylic acids is 1. The second-order valence-electron chi connectivity index (χ2n) is 9.54. The van der Waals surface area contributed by atoms with Crippen LogP contribution in [0.1, 0.15) is 42.7 Å². The Bertz CT molecular complexity index is 1080. The molecule has 184 valence electrons. The monoisotopic (exact) mass is 494 g/mol. The predicted molar refractivity (Wildman–Crippen MR) is 134 cm³/mol. The maximum absolute atomic E-state index is 13.1. The van der Waals surface area contributed by atoms with Gasteiger partial charge in [-0.2, -0.15) is 11.8 Å². The minimum atomic E-state index is -0.878. The maximum Gasteiger partial charge on any atom is 0.407 e. The predicted octanol–water partition coefficient (Wildman–Crippen LogP) is 4.11. The van der Waals surface area contributed by atoms with Crippen molar-refractivity contribution >= 4 is 29.7 Å². The lowest BCUT2D eigenvalue weighted by molar-refractivity contribution is -0.142. The average molecular weight is 495 g/mol. The van der Waals surface area contributed by atoms with Crippen molar-refractivity contribution in [3.05, 3.63) is 59.7 Å². The van der Waals surface area contributed by atoms with Gasteiger partial charge >= 0.3 is 12.1 Å². The molecule has 8 heteroatoms. The summed E-state index contributed by atoms with van der Waals surface area (Å²) in [5.74, 6) is 0.453. The van der Waals surface area contributed by atoms with Crippen LogP contribution >= 0.6 is 11.8 Å². The average Bonchev–Trinajstić information content (AvgIpc) is 3.45. The van der Waals surface area contributed by atoms with Crippen LogP contribution in [-0.4, -0.2) is 64.7 Å². The van der Waals surface area contributed by atoms with Crippen molar-refractivity contribution in [1.82, 2.24) is 10.2 Å². The van der Waals surface area contributed by atoms with Crippen LogP contribution in [0.4, 0.5) is 4.79 Å². The highest BCUT2D eigenvalue weighted by Crippen LogP contribution is 2.44. The van der Waals surface area contributed by atoms with E-state index in [0.29, 0.717) is 31.6 Å². The van der Waals surface area contributed by atoms with Crippen LogP contribution in [0, 0.1) is 5.92 Å². The fourth-order valence-electron chi connectivity index (χ4n) is 5.69.